The average Bonchev–Trinajstić information content (AvgIpc) is 3.16. The standard InChI is InChI=1S/C27H23N5O4/c1-18-26(19(2)31(30-18)21-10-4-3-5-11-21)29-27(34)23-13-6-7-14-24(23)28-25(33)16-15-20-9-8-12-22(17-20)32(35)36/h3-17H,1-2H3,(H,28,33)(H,29,34)/b16-15+. The number of amides is 2. The van der Waals surface area contributed by atoms with Gasteiger partial charge in [-0.25, -0.2) is 4.68 Å². The average molecular weight is 482 g/mol. The molecular formula is C27H23N5O4. The zero-order valence-corrected chi connectivity index (χ0v) is 19.6. The highest BCUT2D eigenvalue weighted by atomic mass is 16.6. The summed E-state index contributed by atoms with van der Waals surface area (Å²) in [5.41, 5.74) is 3.94. The van der Waals surface area contributed by atoms with Crippen LogP contribution in [0, 0.1) is 24.0 Å². The molecule has 0 bridgehead atoms. The maximum absolute atomic E-state index is 13.2. The van der Waals surface area contributed by atoms with Crippen LogP contribution in [0.3, 0.4) is 0 Å². The van der Waals surface area contributed by atoms with Crippen LogP contribution in [0.1, 0.15) is 27.3 Å². The Morgan fingerprint density at radius 2 is 1.67 bits per heavy atom. The molecule has 0 unspecified atom stereocenters. The molecule has 36 heavy (non-hydrogen) atoms. The van der Waals surface area contributed by atoms with Gasteiger partial charge in [-0.1, -0.05) is 42.5 Å². The number of aryl methyl sites for hydroxylation is 1. The molecule has 0 aliphatic heterocycles. The predicted molar refractivity (Wildman–Crippen MR) is 138 cm³/mol. The van der Waals surface area contributed by atoms with Gasteiger partial charge >= 0.3 is 0 Å². The minimum Gasteiger partial charge on any atom is -0.322 e. The Labute approximate surface area is 207 Å². The number of hydrogen-bond acceptors (Lipinski definition) is 5. The third-order valence-corrected chi connectivity index (χ3v) is 5.47. The molecule has 9 nitrogen and oxygen atoms in total. The van der Waals surface area contributed by atoms with Crippen LogP contribution in [-0.2, 0) is 4.79 Å². The lowest BCUT2D eigenvalue weighted by molar-refractivity contribution is -0.384. The van der Waals surface area contributed by atoms with Crippen molar-refractivity contribution in [2.24, 2.45) is 0 Å². The smallest absolute Gasteiger partial charge is 0.270 e. The zero-order valence-electron chi connectivity index (χ0n) is 19.6. The maximum atomic E-state index is 13.2. The van der Waals surface area contributed by atoms with Crippen LogP contribution in [-0.4, -0.2) is 26.5 Å². The molecule has 2 N–H and O–H groups in total. The number of nitrogens with one attached hydrogen (secondary N) is 2. The third-order valence-electron chi connectivity index (χ3n) is 5.47. The van der Waals surface area contributed by atoms with E-state index in [2.05, 4.69) is 15.7 Å². The van der Waals surface area contributed by atoms with E-state index in [1.165, 1.54) is 24.3 Å². The fourth-order valence-electron chi connectivity index (χ4n) is 3.70. The Morgan fingerprint density at radius 3 is 2.42 bits per heavy atom. The van der Waals surface area contributed by atoms with Crippen LogP contribution in [0.4, 0.5) is 17.1 Å². The molecular weight excluding hydrogens is 458 g/mol. The van der Waals surface area contributed by atoms with Crippen LogP contribution in [0.2, 0.25) is 0 Å². The van der Waals surface area contributed by atoms with Crippen LogP contribution in [0.25, 0.3) is 11.8 Å². The Kier molecular flexibility index (Phi) is 7.01. The summed E-state index contributed by atoms with van der Waals surface area (Å²) < 4.78 is 1.76. The number of carbonyl (C=O) groups is 2. The Morgan fingerprint density at radius 1 is 0.944 bits per heavy atom. The van der Waals surface area contributed by atoms with Crippen molar-refractivity contribution < 1.29 is 14.5 Å². The van der Waals surface area contributed by atoms with Gasteiger partial charge in [0.05, 0.1) is 38.9 Å². The monoisotopic (exact) mass is 481 g/mol. The van der Waals surface area contributed by atoms with Crippen molar-refractivity contribution in [1.29, 1.82) is 0 Å². The van der Waals surface area contributed by atoms with Gasteiger partial charge in [0, 0.05) is 18.2 Å². The highest BCUT2D eigenvalue weighted by Gasteiger charge is 2.18. The molecule has 0 fully saturated rings. The van der Waals surface area contributed by atoms with E-state index in [0.29, 0.717) is 22.6 Å². The largest absolute Gasteiger partial charge is 0.322 e. The molecule has 0 spiro atoms. The third kappa shape index (κ3) is 5.36. The molecule has 2 amide bonds. The van der Waals surface area contributed by atoms with Crippen LogP contribution < -0.4 is 10.6 Å². The minimum absolute atomic E-state index is 0.0688. The van der Waals surface area contributed by atoms with E-state index in [1.54, 1.807) is 41.1 Å². The zero-order chi connectivity index (χ0) is 25.7. The molecule has 1 heterocycles. The first-order valence-corrected chi connectivity index (χ1v) is 11.1. The van der Waals surface area contributed by atoms with Crippen LogP contribution >= 0.6 is 0 Å². The Bertz CT molecular complexity index is 1470. The number of nitrogens with zero attached hydrogens (tertiary/aromatic N) is 3. The molecule has 180 valence electrons. The molecule has 0 aliphatic carbocycles. The van der Waals surface area contributed by atoms with Gasteiger partial charge < -0.3 is 10.6 Å². The van der Waals surface area contributed by atoms with Gasteiger partial charge in [0.15, 0.2) is 0 Å². The number of aromatic nitrogens is 2. The van der Waals surface area contributed by atoms with Gasteiger partial charge in [-0.05, 0) is 49.8 Å². The van der Waals surface area contributed by atoms with Crippen molar-refractivity contribution in [2.75, 3.05) is 10.6 Å². The van der Waals surface area contributed by atoms with Gasteiger partial charge in [0.1, 0.15) is 0 Å². The first kappa shape index (κ1) is 24.1. The van der Waals surface area contributed by atoms with E-state index >= 15 is 0 Å². The molecule has 0 radical (unpaired) electrons. The number of nitro benzene ring substituents is 1. The number of carbonyl (C=O) groups excluding carboxylic acids is 2. The molecule has 0 aliphatic rings. The number of non-ortho nitro benzene ring substituents is 1. The predicted octanol–water partition coefficient (Wildman–Crippen LogP) is 5.30. The van der Waals surface area contributed by atoms with Crippen molar-refractivity contribution in [1.82, 2.24) is 9.78 Å². The minimum atomic E-state index is -0.501. The van der Waals surface area contributed by atoms with E-state index in [4.69, 9.17) is 0 Å². The van der Waals surface area contributed by atoms with Gasteiger partial charge in [0.2, 0.25) is 5.91 Å². The summed E-state index contributed by atoms with van der Waals surface area (Å²) in [5, 5.41) is 21.1. The number of rotatable bonds is 7. The number of para-hydroxylation sites is 2. The molecule has 4 aromatic rings. The number of nitro groups is 1. The van der Waals surface area contributed by atoms with Crippen molar-refractivity contribution in [3.63, 3.8) is 0 Å². The van der Waals surface area contributed by atoms with E-state index < -0.39 is 16.7 Å². The maximum Gasteiger partial charge on any atom is 0.270 e. The summed E-state index contributed by atoms with van der Waals surface area (Å²) in [6, 6.07) is 22.2. The molecule has 4 rings (SSSR count). The summed E-state index contributed by atoms with van der Waals surface area (Å²) in [6.07, 6.45) is 2.72. The number of hydrogen-bond donors (Lipinski definition) is 2. The topological polar surface area (TPSA) is 119 Å². The summed E-state index contributed by atoms with van der Waals surface area (Å²) in [5.74, 6) is -0.876. The van der Waals surface area contributed by atoms with E-state index in [0.717, 1.165) is 11.4 Å². The van der Waals surface area contributed by atoms with E-state index in [-0.39, 0.29) is 11.3 Å². The van der Waals surface area contributed by atoms with E-state index in [9.17, 15) is 19.7 Å². The fraction of sp³-hybridized carbons (Fsp3) is 0.0741. The quantitative estimate of drug-likeness (QED) is 0.211. The van der Waals surface area contributed by atoms with Crippen LogP contribution in [0.5, 0.6) is 0 Å². The summed E-state index contributed by atoms with van der Waals surface area (Å²) in [7, 11) is 0. The lowest BCUT2D eigenvalue weighted by Gasteiger charge is -2.11. The lowest BCUT2D eigenvalue weighted by Crippen LogP contribution is -2.17. The second kappa shape index (κ2) is 10.5. The first-order valence-electron chi connectivity index (χ1n) is 11.1. The van der Waals surface area contributed by atoms with Gasteiger partial charge in [-0.15, -0.1) is 0 Å². The molecule has 0 saturated carbocycles. The second-order valence-corrected chi connectivity index (χ2v) is 7.97. The van der Waals surface area contributed by atoms with Gasteiger partial charge in [-0.3, -0.25) is 19.7 Å². The molecule has 0 atom stereocenters. The first-order chi connectivity index (χ1) is 17.3. The SMILES string of the molecule is Cc1nn(-c2ccccc2)c(C)c1NC(=O)c1ccccc1NC(=O)/C=C/c1cccc([N+](=O)[O-])c1. The summed E-state index contributed by atoms with van der Waals surface area (Å²) >= 11 is 0. The Balaban J connectivity index is 1.51. The van der Waals surface area contributed by atoms with Gasteiger partial charge in [0.25, 0.3) is 11.6 Å². The lowest BCUT2D eigenvalue weighted by atomic mass is 10.1. The van der Waals surface area contributed by atoms with Gasteiger partial charge in [-0.2, -0.15) is 5.10 Å². The van der Waals surface area contributed by atoms with E-state index in [1.807, 2.05) is 44.2 Å². The summed E-state index contributed by atoms with van der Waals surface area (Å²) in [6.45, 7) is 3.68. The van der Waals surface area contributed by atoms with Crippen molar-refractivity contribution in [3.8, 4) is 5.69 Å². The molecule has 0 saturated heterocycles. The van der Waals surface area contributed by atoms with Crippen molar-refractivity contribution in [3.05, 3.63) is 118 Å². The summed E-state index contributed by atoms with van der Waals surface area (Å²) in [4.78, 5) is 36.1. The van der Waals surface area contributed by atoms with Crippen molar-refractivity contribution in [2.45, 2.75) is 13.8 Å². The van der Waals surface area contributed by atoms with Crippen molar-refractivity contribution >= 4 is 35.0 Å². The van der Waals surface area contributed by atoms with Crippen LogP contribution in [0.15, 0.2) is 84.9 Å². The Hall–Kier alpha value is -5.05. The normalized spacial score (nSPS) is 10.8. The number of anilines is 2. The second-order valence-electron chi connectivity index (χ2n) is 7.97. The highest BCUT2D eigenvalue weighted by molar-refractivity contribution is 6.12. The molecule has 9 heteroatoms. The fourth-order valence-corrected chi connectivity index (χ4v) is 3.70. The molecule has 1 aromatic heterocycles. The molecule has 3 aromatic carbocycles. The number of benzene rings is 3. The highest BCUT2D eigenvalue weighted by Crippen LogP contribution is 2.25.